The van der Waals surface area contributed by atoms with Gasteiger partial charge in [-0.25, -0.2) is 9.18 Å². The molecule has 0 aliphatic heterocycles. The van der Waals surface area contributed by atoms with Gasteiger partial charge in [0.15, 0.2) is 0 Å². The molecule has 1 aliphatic carbocycles. The number of aliphatic hydroxyl groups excluding tert-OH is 1. The van der Waals surface area contributed by atoms with Crippen molar-refractivity contribution in [3.8, 4) is 0 Å². The molecule has 0 saturated heterocycles. The second-order valence-corrected chi connectivity index (χ2v) is 6.96. The number of carbonyl (C=O) groups is 1. The van der Waals surface area contributed by atoms with E-state index in [2.05, 4.69) is 16.9 Å². The zero-order chi connectivity index (χ0) is 16.1. The molecule has 0 heterocycles. The highest BCUT2D eigenvalue weighted by Gasteiger charge is 2.25. The number of aliphatic hydroxyl groups is 1. The van der Waals surface area contributed by atoms with Gasteiger partial charge in [-0.15, -0.1) is 0 Å². The van der Waals surface area contributed by atoms with Crippen LogP contribution in [0.5, 0.6) is 0 Å². The molecule has 1 saturated carbocycles. The highest BCUT2D eigenvalue weighted by molar-refractivity contribution is 7.99. The van der Waals surface area contributed by atoms with E-state index in [9.17, 15) is 14.3 Å². The fourth-order valence-electron chi connectivity index (χ4n) is 2.55. The first-order chi connectivity index (χ1) is 10.5. The van der Waals surface area contributed by atoms with Gasteiger partial charge < -0.3 is 15.7 Å². The summed E-state index contributed by atoms with van der Waals surface area (Å²) in [5.41, 5.74) is 0.380. The Balaban J connectivity index is 1.77. The number of rotatable bonds is 5. The zero-order valence-electron chi connectivity index (χ0n) is 12.3. The lowest BCUT2D eigenvalue weighted by Crippen LogP contribution is -2.42. The molecule has 3 atom stereocenters. The molecule has 22 heavy (non-hydrogen) atoms. The Kier molecular flexibility index (Phi) is 6.35. The first-order valence-corrected chi connectivity index (χ1v) is 8.86. The van der Waals surface area contributed by atoms with Crippen LogP contribution >= 0.6 is 23.4 Å². The highest BCUT2D eigenvalue weighted by atomic mass is 35.5. The summed E-state index contributed by atoms with van der Waals surface area (Å²) >= 11 is 7.42. The predicted octanol–water partition coefficient (Wildman–Crippen LogP) is 3.10. The van der Waals surface area contributed by atoms with Gasteiger partial charge in [0.05, 0.1) is 11.1 Å². The minimum absolute atomic E-state index is 0.00577. The molecule has 0 radical (unpaired) electrons. The van der Waals surface area contributed by atoms with Gasteiger partial charge in [-0.1, -0.05) is 17.7 Å². The summed E-state index contributed by atoms with van der Waals surface area (Å²) in [4.78, 5) is 11.8. The van der Waals surface area contributed by atoms with Gasteiger partial charge in [0, 0.05) is 17.8 Å². The molecule has 4 nitrogen and oxygen atoms in total. The summed E-state index contributed by atoms with van der Waals surface area (Å²) in [6.07, 6.45) is 4.16. The quantitative estimate of drug-likeness (QED) is 0.767. The van der Waals surface area contributed by atoms with Crippen LogP contribution in [0, 0.1) is 5.82 Å². The van der Waals surface area contributed by atoms with Crippen molar-refractivity contribution in [3.63, 3.8) is 0 Å². The van der Waals surface area contributed by atoms with Crippen LogP contribution in [-0.4, -0.2) is 35.2 Å². The van der Waals surface area contributed by atoms with Gasteiger partial charge in [-0.2, -0.15) is 11.8 Å². The minimum atomic E-state index is -0.972. The van der Waals surface area contributed by atoms with Gasteiger partial charge in [0.2, 0.25) is 0 Å². The lowest BCUT2D eigenvalue weighted by Gasteiger charge is -2.16. The van der Waals surface area contributed by atoms with Crippen LogP contribution in [0.3, 0.4) is 0 Å². The summed E-state index contributed by atoms with van der Waals surface area (Å²) in [7, 11) is 0. The van der Waals surface area contributed by atoms with Gasteiger partial charge in [-0.3, -0.25) is 0 Å². The number of halogens is 2. The van der Waals surface area contributed by atoms with E-state index >= 15 is 0 Å². The number of hydrogen-bond donors (Lipinski definition) is 3. The summed E-state index contributed by atoms with van der Waals surface area (Å²) in [5, 5.41) is 16.1. The predicted molar refractivity (Wildman–Crippen MR) is 87.8 cm³/mol. The number of urea groups is 1. The Morgan fingerprint density at radius 2 is 2.32 bits per heavy atom. The summed E-state index contributed by atoms with van der Waals surface area (Å²) < 4.78 is 13.3. The third-order valence-corrected chi connectivity index (χ3v) is 5.24. The molecule has 0 unspecified atom stereocenters. The molecule has 1 aromatic carbocycles. The SMILES string of the molecule is CS[C@H]1CC[C@@H](NC(=O)NC[C@@H](O)c2ccc(Cl)c(F)c2)C1. The van der Waals surface area contributed by atoms with Crippen molar-refractivity contribution in [2.45, 2.75) is 36.7 Å². The average Bonchev–Trinajstić information content (AvgIpc) is 2.95. The molecule has 122 valence electrons. The first-order valence-electron chi connectivity index (χ1n) is 7.19. The van der Waals surface area contributed by atoms with Crippen LogP contribution in [0.2, 0.25) is 5.02 Å². The number of hydrogen-bond acceptors (Lipinski definition) is 3. The molecule has 0 aromatic heterocycles. The average molecular weight is 347 g/mol. The van der Waals surface area contributed by atoms with Gasteiger partial charge in [0.25, 0.3) is 0 Å². The van der Waals surface area contributed by atoms with Crippen LogP contribution in [0.25, 0.3) is 0 Å². The smallest absolute Gasteiger partial charge is 0.315 e. The Hall–Kier alpha value is -0.980. The number of amides is 2. The fraction of sp³-hybridized carbons (Fsp3) is 0.533. The Bertz CT molecular complexity index is 532. The molecule has 0 spiro atoms. The fourth-order valence-corrected chi connectivity index (χ4v) is 3.46. The normalized spacial score (nSPS) is 22.4. The van der Waals surface area contributed by atoms with E-state index in [4.69, 9.17) is 11.6 Å². The third kappa shape index (κ3) is 4.76. The maximum absolute atomic E-state index is 13.3. The zero-order valence-corrected chi connectivity index (χ0v) is 13.9. The van der Waals surface area contributed by atoms with Crippen molar-refractivity contribution in [1.82, 2.24) is 10.6 Å². The van der Waals surface area contributed by atoms with Crippen LogP contribution < -0.4 is 10.6 Å². The van der Waals surface area contributed by atoms with Crippen molar-refractivity contribution < 1.29 is 14.3 Å². The lowest BCUT2D eigenvalue weighted by molar-refractivity contribution is 0.172. The monoisotopic (exact) mass is 346 g/mol. The summed E-state index contributed by atoms with van der Waals surface area (Å²) in [5.74, 6) is -0.586. The van der Waals surface area contributed by atoms with Gasteiger partial charge in [-0.05, 0) is 43.2 Å². The standard InChI is InChI=1S/C15H20ClFN2O2S/c1-22-11-4-3-10(7-11)19-15(21)18-8-14(20)9-2-5-12(16)13(17)6-9/h2,5-6,10-11,14,20H,3-4,7-8H2,1H3,(H2,18,19,21)/t10-,11+,14-/m1/s1. The van der Waals surface area contributed by atoms with Crippen molar-refractivity contribution in [1.29, 1.82) is 0 Å². The third-order valence-electron chi connectivity index (χ3n) is 3.84. The van der Waals surface area contributed by atoms with Crippen molar-refractivity contribution in [3.05, 3.63) is 34.6 Å². The van der Waals surface area contributed by atoms with E-state index < -0.39 is 11.9 Å². The van der Waals surface area contributed by atoms with Crippen molar-refractivity contribution >= 4 is 29.4 Å². The number of benzene rings is 1. The van der Waals surface area contributed by atoms with E-state index in [1.165, 1.54) is 18.2 Å². The first kappa shape index (κ1) is 17.4. The van der Waals surface area contributed by atoms with E-state index in [1.807, 2.05) is 11.8 Å². The highest BCUT2D eigenvalue weighted by Crippen LogP contribution is 2.28. The van der Waals surface area contributed by atoms with Crippen LogP contribution in [0.1, 0.15) is 30.9 Å². The number of carbonyl (C=O) groups excluding carboxylic acids is 1. The van der Waals surface area contributed by atoms with E-state index in [1.54, 1.807) is 0 Å². The molecule has 1 fully saturated rings. The maximum Gasteiger partial charge on any atom is 0.315 e. The minimum Gasteiger partial charge on any atom is -0.387 e. The lowest BCUT2D eigenvalue weighted by atomic mass is 10.1. The molecule has 2 amide bonds. The van der Waals surface area contributed by atoms with Gasteiger partial charge >= 0.3 is 6.03 Å². The number of nitrogens with one attached hydrogen (secondary N) is 2. The van der Waals surface area contributed by atoms with Gasteiger partial charge in [0.1, 0.15) is 5.82 Å². The molecule has 2 rings (SSSR count). The molecule has 1 aromatic rings. The molecule has 1 aliphatic rings. The molecule has 0 bridgehead atoms. The maximum atomic E-state index is 13.3. The van der Waals surface area contributed by atoms with Crippen molar-refractivity contribution in [2.24, 2.45) is 0 Å². The summed E-state index contributed by atoms with van der Waals surface area (Å²) in [6, 6.07) is 3.97. The Morgan fingerprint density at radius 1 is 1.55 bits per heavy atom. The van der Waals surface area contributed by atoms with Crippen LogP contribution in [0.15, 0.2) is 18.2 Å². The van der Waals surface area contributed by atoms with E-state index in [-0.39, 0.29) is 23.6 Å². The second kappa shape index (κ2) is 8.04. The Labute approximate surface area is 138 Å². The Morgan fingerprint density at radius 3 is 2.95 bits per heavy atom. The molecule has 7 heteroatoms. The summed E-state index contributed by atoms with van der Waals surface area (Å²) in [6.45, 7) is 0.0194. The van der Waals surface area contributed by atoms with Crippen molar-refractivity contribution in [2.75, 3.05) is 12.8 Å². The topological polar surface area (TPSA) is 61.4 Å². The van der Waals surface area contributed by atoms with E-state index in [0.717, 1.165) is 19.3 Å². The molecule has 3 N–H and O–H groups in total. The molecular weight excluding hydrogens is 327 g/mol. The van der Waals surface area contributed by atoms with Crippen LogP contribution in [-0.2, 0) is 0 Å². The van der Waals surface area contributed by atoms with Crippen LogP contribution in [0.4, 0.5) is 9.18 Å². The van der Waals surface area contributed by atoms with E-state index in [0.29, 0.717) is 10.8 Å². The largest absolute Gasteiger partial charge is 0.387 e. The second-order valence-electron chi connectivity index (χ2n) is 5.41. The molecular formula is C15H20ClFN2O2S. The number of thioether (sulfide) groups is 1.